The van der Waals surface area contributed by atoms with Gasteiger partial charge in [0.05, 0.1) is 17.0 Å². The molecule has 7 heteroatoms. The van der Waals surface area contributed by atoms with Crippen LogP contribution in [0, 0.1) is 0 Å². The maximum atomic E-state index is 12.7. The summed E-state index contributed by atoms with van der Waals surface area (Å²) in [7, 11) is 4.01. The van der Waals surface area contributed by atoms with Crippen LogP contribution in [0.15, 0.2) is 42.7 Å². The number of carbonyl (C=O) groups is 2. The average molecular weight is 381 g/mol. The maximum Gasteiger partial charge on any atom is 0.255 e. The van der Waals surface area contributed by atoms with E-state index < -0.39 is 0 Å². The number of hydrogen-bond donors (Lipinski definition) is 0. The quantitative estimate of drug-likeness (QED) is 0.763. The monoisotopic (exact) mass is 381 g/mol. The lowest BCUT2D eigenvalue weighted by molar-refractivity contribution is -0.132. The van der Waals surface area contributed by atoms with E-state index in [1.807, 2.05) is 43.3 Å². The molecule has 0 N–H and O–H groups in total. The lowest BCUT2D eigenvalue weighted by Gasteiger charge is -2.35. The van der Waals surface area contributed by atoms with Crippen molar-refractivity contribution in [2.75, 3.05) is 46.8 Å². The molecule has 0 radical (unpaired) electrons. The minimum absolute atomic E-state index is 0.0419. The lowest BCUT2D eigenvalue weighted by Crippen LogP contribution is -2.50. The number of nitrogens with zero attached hydrogens (tertiary/aromatic N) is 5. The van der Waals surface area contributed by atoms with Gasteiger partial charge in [0, 0.05) is 45.0 Å². The van der Waals surface area contributed by atoms with Crippen LogP contribution in [0.3, 0.4) is 0 Å². The standard InChI is InChI=1S/C21H27N5O2/c1-24(2)11-5-7-20(27)25-12-14-26(15-13-25)21(28)17-8-9-19(23-16-17)18-6-3-4-10-22-18/h3-4,6,8-10,16H,5,7,11-15H2,1-2H3. The Hall–Kier alpha value is -2.80. The summed E-state index contributed by atoms with van der Waals surface area (Å²) < 4.78 is 0. The van der Waals surface area contributed by atoms with Gasteiger partial charge in [-0.3, -0.25) is 19.6 Å². The molecule has 7 nitrogen and oxygen atoms in total. The summed E-state index contributed by atoms with van der Waals surface area (Å²) in [5.74, 6) is 0.134. The van der Waals surface area contributed by atoms with Crippen molar-refractivity contribution in [2.24, 2.45) is 0 Å². The van der Waals surface area contributed by atoms with Gasteiger partial charge in [-0.05, 0) is 51.3 Å². The lowest BCUT2D eigenvalue weighted by atomic mass is 10.1. The summed E-state index contributed by atoms with van der Waals surface area (Å²) in [6, 6.07) is 9.26. The van der Waals surface area contributed by atoms with Crippen LogP contribution in [-0.2, 0) is 4.79 Å². The average Bonchev–Trinajstić information content (AvgIpc) is 2.74. The zero-order valence-electron chi connectivity index (χ0n) is 16.5. The highest BCUT2D eigenvalue weighted by Gasteiger charge is 2.24. The van der Waals surface area contributed by atoms with Crippen molar-refractivity contribution in [3.05, 3.63) is 48.3 Å². The molecule has 148 valence electrons. The first kappa shape index (κ1) is 19.9. The highest BCUT2D eigenvalue weighted by molar-refractivity contribution is 5.94. The Morgan fingerprint density at radius 2 is 1.68 bits per heavy atom. The van der Waals surface area contributed by atoms with Crippen LogP contribution in [0.4, 0.5) is 0 Å². The van der Waals surface area contributed by atoms with E-state index in [4.69, 9.17) is 0 Å². The fraction of sp³-hybridized carbons (Fsp3) is 0.429. The number of amides is 2. The summed E-state index contributed by atoms with van der Waals surface area (Å²) in [5.41, 5.74) is 2.08. The highest BCUT2D eigenvalue weighted by atomic mass is 16.2. The molecule has 28 heavy (non-hydrogen) atoms. The predicted octanol–water partition coefficient (Wildman–Crippen LogP) is 1.77. The zero-order valence-corrected chi connectivity index (χ0v) is 16.5. The molecule has 1 saturated heterocycles. The van der Waals surface area contributed by atoms with Crippen molar-refractivity contribution in [2.45, 2.75) is 12.8 Å². The molecule has 0 unspecified atom stereocenters. The van der Waals surface area contributed by atoms with E-state index in [2.05, 4.69) is 14.9 Å². The van der Waals surface area contributed by atoms with Crippen molar-refractivity contribution >= 4 is 11.8 Å². The summed E-state index contributed by atoms with van der Waals surface area (Å²) in [6.07, 6.45) is 4.74. The minimum Gasteiger partial charge on any atom is -0.339 e. The predicted molar refractivity (Wildman–Crippen MR) is 108 cm³/mol. The third kappa shape index (κ3) is 5.13. The van der Waals surface area contributed by atoms with Crippen LogP contribution in [0.2, 0.25) is 0 Å². The molecule has 3 heterocycles. The van der Waals surface area contributed by atoms with Crippen molar-refractivity contribution < 1.29 is 9.59 Å². The number of hydrogen-bond acceptors (Lipinski definition) is 5. The second-order valence-electron chi connectivity index (χ2n) is 7.23. The fourth-order valence-electron chi connectivity index (χ4n) is 3.23. The molecule has 0 aromatic carbocycles. The SMILES string of the molecule is CN(C)CCCC(=O)N1CCN(C(=O)c2ccc(-c3ccccn3)nc2)CC1. The summed E-state index contributed by atoms with van der Waals surface area (Å²) in [6.45, 7) is 3.20. The largest absolute Gasteiger partial charge is 0.339 e. The van der Waals surface area contributed by atoms with Gasteiger partial charge in [0.2, 0.25) is 5.91 Å². The normalized spacial score (nSPS) is 14.4. The number of rotatable bonds is 6. The maximum absolute atomic E-state index is 12.7. The van der Waals surface area contributed by atoms with Crippen molar-refractivity contribution in [3.8, 4) is 11.4 Å². The molecular weight excluding hydrogens is 354 g/mol. The van der Waals surface area contributed by atoms with E-state index in [-0.39, 0.29) is 11.8 Å². The third-order valence-corrected chi connectivity index (χ3v) is 4.85. The summed E-state index contributed by atoms with van der Waals surface area (Å²) >= 11 is 0. The summed E-state index contributed by atoms with van der Waals surface area (Å²) in [5, 5.41) is 0. The Labute approximate surface area is 166 Å². The van der Waals surface area contributed by atoms with E-state index in [1.54, 1.807) is 23.4 Å². The molecule has 0 bridgehead atoms. The molecule has 1 aliphatic heterocycles. The molecule has 0 spiro atoms. The second-order valence-corrected chi connectivity index (χ2v) is 7.23. The molecule has 2 aromatic heterocycles. The van der Waals surface area contributed by atoms with Crippen LogP contribution in [0.5, 0.6) is 0 Å². The first-order valence-electron chi connectivity index (χ1n) is 9.64. The first-order valence-corrected chi connectivity index (χ1v) is 9.64. The van der Waals surface area contributed by atoms with Crippen LogP contribution in [-0.4, -0.2) is 83.3 Å². The van der Waals surface area contributed by atoms with Crippen molar-refractivity contribution in [3.63, 3.8) is 0 Å². The molecule has 0 atom stereocenters. The number of aromatic nitrogens is 2. The van der Waals surface area contributed by atoms with Crippen LogP contribution in [0.25, 0.3) is 11.4 Å². The molecule has 3 rings (SSSR count). The van der Waals surface area contributed by atoms with Crippen molar-refractivity contribution in [1.82, 2.24) is 24.7 Å². The van der Waals surface area contributed by atoms with Gasteiger partial charge in [0.1, 0.15) is 0 Å². The molecular formula is C21H27N5O2. The van der Waals surface area contributed by atoms with Crippen LogP contribution in [0.1, 0.15) is 23.2 Å². The van der Waals surface area contributed by atoms with E-state index in [1.165, 1.54) is 0 Å². The number of piperazine rings is 1. The van der Waals surface area contributed by atoms with Gasteiger partial charge in [-0.15, -0.1) is 0 Å². The molecule has 0 aliphatic carbocycles. The molecule has 0 saturated carbocycles. The van der Waals surface area contributed by atoms with Gasteiger partial charge >= 0.3 is 0 Å². The van der Waals surface area contributed by atoms with E-state index in [0.717, 1.165) is 24.4 Å². The van der Waals surface area contributed by atoms with E-state index >= 15 is 0 Å². The minimum atomic E-state index is -0.0419. The summed E-state index contributed by atoms with van der Waals surface area (Å²) in [4.78, 5) is 39.4. The van der Waals surface area contributed by atoms with Crippen LogP contribution < -0.4 is 0 Å². The Morgan fingerprint density at radius 1 is 0.964 bits per heavy atom. The van der Waals surface area contributed by atoms with E-state index in [0.29, 0.717) is 38.2 Å². The van der Waals surface area contributed by atoms with Crippen molar-refractivity contribution in [1.29, 1.82) is 0 Å². The number of pyridine rings is 2. The highest BCUT2D eigenvalue weighted by Crippen LogP contribution is 2.15. The van der Waals surface area contributed by atoms with Gasteiger partial charge in [0.25, 0.3) is 5.91 Å². The molecule has 2 amide bonds. The Morgan fingerprint density at radius 3 is 2.29 bits per heavy atom. The van der Waals surface area contributed by atoms with Gasteiger partial charge in [0.15, 0.2) is 0 Å². The molecule has 2 aromatic rings. The zero-order chi connectivity index (χ0) is 19.9. The van der Waals surface area contributed by atoms with Gasteiger partial charge in [-0.25, -0.2) is 0 Å². The Bertz CT molecular complexity index is 784. The second kappa shape index (κ2) is 9.41. The van der Waals surface area contributed by atoms with Gasteiger partial charge in [-0.2, -0.15) is 0 Å². The fourth-order valence-corrected chi connectivity index (χ4v) is 3.23. The molecule has 1 aliphatic rings. The van der Waals surface area contributed by atoms with Gasteiger partial charge in [-0.1, -0.05) is 6.07 Å². The number of carbonyl (C=O) groups excluding carboxylic acids is 2. The Kier molecular flexibility index (Phi) is 6.71. The van der Waals surface area contributed by atoms with E-state index in [9.17, 15) is 9.59 Å². The van der Waals surface area contributed by atoms with Crippen LogP contribution >= 0.6 is 0 Å². The Balaban J connectivity index is 1.52. The smallest absolute Gasteiger partial charge is 0.255 e. The topological polar surface area (TPSA) is 69.6 Å². The molecule has 1 fully saturated rings. The third-order valence-electron chi connectivity index (χ3n) is 4.85. The first-order chi connectivity index (χ1) is 13.5. The van der Waals surface area contributed by atoms with Gasteiger partial charge < -0.3 is 14.7 Å².